The number of carboxylic acids is 1. The second-order valence-electron chi connectivity index (χ2n) is 11.7. The van der Waals surface area contributed by atoms with Gasteiger partial charge in [-0.05, 0) is 72.6 Å². The van der Waals surface area contributed by atoms with Crippen molar-refractivity contribution in [3.8, 4) is 11.6 Å². The number of methoxy groups -OCH3 is 1. The summed E-state index contributed by atoms with van der Waals surface area (Å²) in [5, 5.41) is 9.32. The Hall–Kier alpha value is -3.29. The number of hydrogen-bond acceptors (Lipinski definition) is 7. The highest BCUT2D eigenvalue weighted by Gasteiger charge is 2.34. The number of carboxylic acid groups (broad SMARTS) is 1. The van der Waals surface area contributed by atoms with E-state index < -0.39 is 5.97 Å². The minimum atomic E-state index is -0.769. The van der Waals surface area contributed by atoms with Crippen LogP contribution in [0, 0.1) is 17.3 Å². The van der Waals surface area contributed by atoms with E-state index in [0.29, 0.717) is 42.2 Å². The zero-order valence-corrected chi connectivity index (χ0v) is 22.9. The maximum Gasteiger partial charge on any atom is 0.340 e. The third kappa shape index (κ3) is 7.62. The molecule has 8 nitrogen and oxygen atoms in total. The van der Waals surface area contributed by atoms with Gasteiger partial charge in [0.05, 0.1) is 38.0 Å². The summed E-state index contributed by atoms with van der Waals surface area (Å²) in [7, 11) is 1.62. The number of pyridine rings is 1. The van der Waals surface area contributed by atoms with Crippen LogP contribution in [0.3, 0.4) is 0 Å². The van der Waals surface area contributed by atoms with E-state index in [9.17, 15) is 14.7 Å². The second-order valence-corrected chi connectivity index (χ2v) is 11.7. The number of hydrogen-bond donors (Lipinski definition) is 1. The first-order chi connectivity index (χ1) is 18.1. The van der Waals surface area contributed by atoms with Crippen LogP contribution in [0.2, 0.25) is 0 Å². The van der Waals surface area contributed by atoms with Crippen molar-refractivity contribution < 1.29 is 28.9 Å². The number of anilines is 1. The minimum Gasteiger partial charge on any atom is -0.497 e. The largest absolute Gasteiger partial charge is 0.497 e. The lowest BCUT2D eigenvalue weighted by molar-refractivity contribution is -0.137. The lowest BCUT2D eigenvalue weighted by atomic mass is 9.92. The second kappa shape index (κ2) is 12.0. The molecule has 1 aromatic carbocycles. The fourth-order valence-electron chi connectivity index (χ4n) is 4.95. The van der Waals surface area contributed by atoms with Crippen molar-refractivity contribution >= 4 is 17.6 Å². The van der Waals surface area contributed by atoms with E-state index in [-0.39, 0.29) is 23.7 Å². The topological polar surface area (TPSA) is 98.2 Å². The molecule has 8 heteroatoms. The van der Waals surface area contributed by atoms with Crippen LogP contribution >= 0.6 is 0 Å². The van der Waals surface area contributed by atoms with Crippen molar-refractivity contribution in [1.29, 1.82) is 0 Å². The molecule has 1 atom stereocenters. The van der Waals surface area contributed by atoms with E-state index >= 15 is 0 Å². The van der Waals surface area contributed by atoms with Crippen molar-refractivity contribution in [3.05, 3.63) is 47.7 Å². The van der Waals surface area contributed by atoms with Crippen molar-refractivity contribution in [1.82, 2.24) is 4.98 Å². The Morgan fingerprint density at radius 3 is 2.47 bits per heavy atom. The molecule has 1 aromatic heterocycles. The van der Waals surface area contributed by atoms with Gasteiger partial charge >= 0.3 is 11.9 Å². The molecule has 1 unspecified atom stereocenters. The first kappa shape index (κ1) is 27.7. The van der Waals surface area contributed by atoms with Gasteiger partial charge in [-0.3, -0.25) is 4.79 Å². The van der Waals surface area contributed by atoms with E-state index in [0.717, 1.165) is 50.0 Å². The SMILES string of the molecule is COc1ccc(C(=O)OCC(C)(C)C)c(N2CCC(COc3cc(C(CC(=O)O)C4CC4)ccn3)CC2)c1. The van der Waals surface area contributed by atoms with Crippen LogP contribution in [0.5, 0.6) is 11.6 Å². The average Bonchev–Trinajstić information content (AvgIpc) is 3.74. The predicted molar refractivity (Wildman–Crippen MR) is 145 cm³/mol. The monoisotopic (exact) mass is 524 g/mol. The number of carbonyl (C=O) groups excluding carboxylic acids is 1. The van der Waals surface area contributed by atoms with Crippen LogP contribution in [0.15, 0.2) is 36.5 Å². The van der Waals surface area contributed by atoms with Crippen LogP contribution in [0.4, 0.5) is 5.69 Å². The molecule has 2 heterocycles. The molecule has 2 aromatic rings. The summed E-state index contributed by atoms with van der Waals surface area (Å²) in [6, 6.07) is 9.31. The number of benzene rings is 1. The molecule has 4 rings (SSSR count). The third-order valence-electron chi connectivity index (χ3n) is 7.26. The number of piperidine rings is 1. The first-order valence-corrected chi connectivity index (χ1v) is 13.5. The summed E-state index contributed by atoms with van der Waals surface area (Å²) in [4.78, 5) is 30.8. The van der Waals surface area contributed by atoms with Gasteiger partial charge in [-0.15, -0.1) is 0 Å². The number of esters is 1. The number of aliphatic carboxylic acids is 1. The Bertz CT molecular complexity index is 1120. The summed E-state index contributed by atoms with van der Waals surface area (Å²) in [6.45, 7) is 8.59. The van der Waals surface area contributed by atoms with Crippen molar-refractivity contribution in [2.24, 2.45) is 17.3 Å². The summed E-state index contributed by atoms with van der Waals surface area (Å²) in [5.74, 6) is 0.993. The lowest BCUT2D eigenvalue weighted by Crippen LogP contribution is -2.36. The molecule has 1 N–H and O–H groups in total. The van der Waals surface area contributed by atoms with Gasteiger partial charge in [-0.25, -0.2) is 9.78 Å². The molecule has 1 aliphatic heterocycles. The van der Waals surface area contributed by atoms with Gasteiger partial charge in [0.1, 0.15) is 5.75 Å². The Morgan fingerprint density at radius 1 is 1.11 bits per heavy atom. The summed E-state index contributed by atoms with van der Waals surface area (Å²) >= 11 is 0. The normalized spacial score (nSPS) is 17.1. The Morgan fingerprint density at radius 2 is 1.84 bits per heavy atom. The van der Waals surface area contributed by atoms with Crippen LogP contribution in [0.25, 0.3) is 0 Å². The standard InChI is InChI=1S/C30H40N2O6/c1-30(2,3)19-38-29(35)24-8-7-23(36-4)16-26(24)32-13-10-20(11-14-32)18-37-27-15-22(9-12-31-27)25(17-28(33)34)21-5-6-21/h7-9,12,15-16,20-21,25H,5-6,10-11,13-14,17-19H2,1-4H3,(H,33,34). The van der Waals surface area contributed by atoms with Gasteiger partial charge in [-0.1, -0.05) is 20.8 Å². The van der Waals surface area contributed by atoms with Gasteiger partial charge in [0.15, 0.2) is 0 Å². The Kier molecular flexibility index (Phi) is 8.80. The van der Waals surface area contributed by atoms with Crippen LogP contribution < -0.4 is 14.4 Å². The third-order valence-corrected chi connectivity index (χ3v) is 7.26. The molecule has 0 radical (unpaired) electrons. The van der Waals surface area contributed by atoms with Crippen molar-refractivity contribution in [3.63, 3.8) is 0 Å². The molecule has 0 amide bonds. The van der Waals surface area contributed by atoms with Crippen LogP contribution in [-0.2, 0) is 9.53 Å². The maximum absolute atomic E-state index is 12.9. The van der Waals surface area contributed by atoms with Gasteiger partial charge in [-0.2, -0.15) is 0 Å². The molecule has 2 fully saturated rings. The van der Waals surface area contributed by atoms with E-state index in [1.807, 2.05) is 39.0 Å². The van der Waals surface area contributed by atoms with E-state index in [2.05, 4.69) is 9.88 Å². The molecule has 1 aliphatic carbocycles. The highest BCUT2D eigenvalue weighted by Crippen LogP contribution is 2.45. The van der Waals surface area contributed by atoms with Crippen molar-refractivity contribution in [2.45, 2.75) is 58.8 Å². The molecular weight excluding hydrogens is 484 g/mol. The molecule has 38 heavy (non-hydrogen) atoms. The lowest BCUT2D eigenvalue weighted by Gasteiger charge is -2.34. The highest BCUT2D eigenvalue weighted by molar-refractivity contribution is 5.96. The van der Waals surface area contributed by atoms with E-state index in [4.69, 9.17) is 14.2 Å². The predicted octanol–water partition coefficient (Wildman–Crippen LogP) is 5.56. The maximum atomic E-state index is 12.9. The number of nitrogens with zero attached hydrogens (tertiary/aromatic N) is 2. The zero-order chi connectivity index (χ0) is 27.3. The molecular formula is C30H40N2O6. The fourth-order valence-corrected chi connectivity index (χ4v) is 4.95. The van der Waals surface area contributed by atoms with Crippen LogP contribution in [0.1, 0.15) is 74.7 Å². The molecule has 1 saturated carbocycles. The summed E-state index contributed by atoms with van der Waals surface area (Å²) in [5.41, 5.74) is 2.28. The quantitative estimate of drug-likeness (QED) is 0.382. The van der Waals surface area contributed by atoms with Gasteiger partial charge in [0.25, 0.3) is 0 Å². The van der Waals surface area contributed by atoms with Gasteiger partial charge < -0.3 is 24.2 Å². The molecule has 2 aliphatic rings. The minimum absolute atomic E-state index is 0.0215. The summed E-state index contributed by atoms with van der Waals surface area (Å²) in [6.07, 6.45) is 5.85. The Labute approximate surface area is 225 Å². The van der Waals surface area contributed by atoms with E-state index in [1.54, 1.807) is 25.4 Å². The number of ether oxygens (including phenoxy) is 3. The number of aromatic nitrogens is 1. The molecule has 0 bridgehead atoms. The zero-order valence-electron chi connectivity index (χ0n) is 22.9. The van der Waals surface area contributed by atoms with Gasteiger partial charge in [0.2, 0.25) is 5.88 Å². The van der Waals surface area contributed by atoms with Crippen LogP contribution in [-0.4, -0.2) is 55.4 Å². The average molecular weight is 525 g/mol. The smallest absolute Gasteiger partial charge is 0.340 e. The molecule has 0 spiro atoms. The number of carbonyl (C=O) groups is 2. The summed E-state index contributed by atoms with van der Waals surface area (Å²) < 4.78 is 17.1. The number of rotatable bonds is 11. The molecule has 206 valence electrons. The van der Waals surface area contributed by atoms with E-state index in [1.165, 1.54) is 0 Å². The molecule has 1 saturated heterocycles. The highest BCUT2D eigenvalue weighted by atomic mass is 16.5. The fraction of sp³-hybridized carbons (Fsp3) is 0.567. The van der Waals surface area contributed by atoms with Gasteiger partial charge in [0, 0.05) is 31.4 Å². The first-order valence-electron chi connectivity index (χ1n) is 13.5. The van der Waals surface area contributed by atoms with Crippen molar-refractivity contribution in [2.75, 3.05) is 38.3 Å². The Balaban J connectivity index is 1.35.